The van der Waals surface area contributed by atoms with Crippen LogP contribution in [0.4, 0.5) is 5.69 Å². The maximum Gasteiger partial charge on any atom is 0.369 e. The lowest BCUT2D eigenvalue weighted by molar-refractivity contribution is -0.117. The molecule has 1 amide bonds. The van der Waals surface area contributed by atoms with Crippen LogP contribution in [0.5, 0.6) is 11.5 Å². The molecule has 0 radical (unpaired) electrons. The zero-order valence-corrected chi connectivity index (χ0v) is 15.4. The zero-order valence-electron chi connectivity index (χ0n) is 13.8. The van der Waals surface area contributed by atoms with Gasteiger partial charge in [-0.2, -0.15) is 9.36 Å². The molecule has 2 heterocycles. The molecule has 3 aromatic rings. The molecule has 0 fully saturated rings. The number of amides is 1. The van der Waals surface area contributed by atoms with Gasteiger partial charge in [0.05, 0.1) is 24.9 Å². The van der Waals surface area contributed by atoms with Crippen molar-refractivity contribution in [3.63, 3.8) is 0 Å². The van der Waals surface area contributed by atoms with Crippen molar-refractivity contribution in [3.8, 4) is 16.5 Å². The van der Waals surface area contributed by atoms with Crippen molar-refractivity contribution in [2.75, 3.05) is 19.5 Å². The van der Waals surface area contributed by atoms with Gasteiger partial charge < -0.3 is 14.8 Å². The van der Waals surface area contributed by atoms with Crippen molar-refractivity contribution in [2.45, 2.75) is 6.54 Å². The molecular weight excluding hydrogens is 382 g/mol. The van der Waals surface area contributed by atoms with Gasteiger partial charge >= 0.3 is 5.69 Å². The molecule has 26 heavy (non-hydrogen) atoms. The molecule has 0 aliphatic heterocycles. The van der Waals surface area contributed by atoms with Crippen molar-refractivity contribution in [2.24, 2.45) is 0 Å². The molecule has 1 N–H and O–H groups in total. The molecule has 0 aliphatic carbocycles. The minimum atomic E-state index is -0.512. The number of anilines is 1. The summed E-state index contributed by atoms with van der Waals surface area (Å²) in [4.78, 5) is 24.6. The largest absolute Gasteiger partial charge is 0.495 e. The maximum absolute atomic E-state index is 12.3. The maximum atomic E-state index is 12.3. The second-order valence-electron chi connectivity index (χ2n) is 5.02. The number of tetrazole rings is 1. The Hall–Kier alpha value is -2.85. The predicted molar refractivity (Wildman–Crippen MR) is 96.7 cm³/mol. The fourth-order valence-electron chi connectivity index (χ4n) is 2.19. The first-order valence-electron chi connectivity index (χ1n) is 7.31. The minimum Gasteiger partial charge on any atom is -0.495 e. The fraction of sp³-hybridized carbons (Fsp3) is 0.200. The molecule has 0 saturated heterocycles. The first kappa shape index (κ1) is 18.0. The van der Waals surface area contributed by atoms with Gasteiger partial charge in [-0.05, 0) is 34.0 Å². The van der Waals surface area contributed by atoms with Crippen LogP contribution in [0.1, 0.15) is 0 Å². The molecule has 136 valence electrons. The van der Waals surface area contributed by atoms with Gasteiger partial charge in [0.2, 0.25) is 5.91 Å². The van der Waals surface area contributed by atoms with Gasteiger partial charge in [0.25, 0.3) is 0 Å². The van der Waals surface area contributed by atoms with E-state index in [1.165, 1.54) is 31.6 Å². The van der Waals surface area contributed by atoms with Gasteiger partial charge in [-0.25, -0.2) is 4.79 Å². The van der Waals surface area contributed by atoms with Crippen LogP contribution < -0.4 is 20.5 Å². The molecule has 1 aromatic carbocycles. The third-order valence-electron chi connectivity index (χ3n) is 3.40. The standard InChI is InChI=1S/C15H14ClN5O4S/c1-24-11-7-12(25-2)10(6-9(11)16)17-13(22)8-20-15(23)21(19-18-20)14-4-3-5-26-14/h3-7H,8H2,1-2H3,(H,17,22). The predicted octanol–water partition coefficient (Wildman–Crippen LogP) is 1.80. The van der Waals surface area contributed by atoms with Crippen molar-refractivity contribution < 1.29 is 14.3 Å². The summed E-state index contributed by atoms with van der Waals surface area (Å²) < 4.78 is 12.4. The van der Waals surface area contributed by atoms with E-state index in [1.54, 1.807) is 18.2 Å². The van der Waals surface area contributed by atoms with Gasteiger partial charge in [-0.1, -0.05) is 11.6 Å². The van der Waals surface area contributed by atoms with Crippen LogP contribution in [-0.4, -0.2) is 39.9 Å². The van der Waals surface area contributed by atoms with Gasteiger partial charge in [-0.3, -0.25) is 4.79 Å². The summed E-state index contributed by atoms with van der Waals surface area (Å²) in [7, 11) is 2.93. The van der Waals surface area contributed by atoms with Crippen molar-refractivity contribution in [1.29, 1.82) is 0 Å². The Labute approximate surface area is 156 Å². The summed E-state index contributed by atoms with van der Waals surface area (Å²) in [5.74, 6) is 0.302. The zero-order chi connectivity index (χ0) is 18.7. The van der Waals surface area contributed by atoms with Crippen LogP contribution >= 0.6 is 22.9 Å². The van der Waals surface area contributed by atoms with E-state index >= 15 is 0 Å². The molecule has 3 rings (SSSR count). The Balaban J connectivity index is 1.78. The van der Waals surface area contributed by atoms with E-state index in [0.717, 1.165) is 9.36 Å². The smallest absolute Gasteiger partial charge is 0.369 e. The van der Waals surface area contributed by atoms with E-state index in [-0.39, 0.29) is 6.54 Å². The third kappa shape index (κ3) is 3.55. The van der Waals surface area contributed by atoms with Crippen molar-refractivity contribution in [3.05, 3.63) is 45.2 Å². The molecule has 11 heteroatoms. The number of thiophene rings is 1. The van der Waals surface area contributed by atoms with E-state index < -0.39 is 11.6 Å². The first-order chi connectivity index (χ1) is 12.5. The van der Waals surface area contributed by atoms with Crippen LogP contribution in [0, 0.1) is 0 Å². The number of nitrogens with zero attached hydrogens (tertiary/aromatic N) is 4. The number of rotatable bonds is 6. The lowest BCUT2D eigenvalue weighted by Gasteiger charge is -2.12. The summed E-state index contributed by atoms with van der Waals surface area (Å²) in [5.41, 5.74) is -0.163. The number of benzene rings is 1. The first-order valence-corrected chi connectivity index (χ1v) is 8.57. The number of carbonyl (C=O) groups is 1. The Morgan fingerprint density at radius 2 is 2.04 bits per heavy atom. The van der Waals surface area contributed by atoms with Gasteiger partial charge in [-0.15, -0.1) is 11.3 Å². The van der Waals surface area contributed by atoms with Crippen LogP contribution in [0.2, 0.25) is 5.02 Å². The quantitative estimate of drug-likeness (QED) is 0.683. The van der Waals surface area contributed by atoms with Crippen LogP contribution in [0.25, 0.3) is 5.00 Å². The second kappa shape index (κ2) is 7.58. The van der Waals surface area contributed by atoms with Crippen molar-refractivity contribution in [1.82, 2.24) is 19.8 Å². The number of nitrogens with one attached hydrogen (secondary N) is 1. The fourth-order valence-corrected chi connectivity index (χ4v) is 3.09. The number of halogens is 1. The third-order valence-corrected chi connectivity index (χ3v) is 4.53. The summed E-state index contributed by atoms with van der Waals surface area (Å²) in [6.45, 7) is -0.309. The number of hydrogen-bond donors (Lipinski definition) is 1. The lowest BCUT2D eigenvalue weighted by atomic mass is 10.2. The molecule has 0 unspecified atom stereocenters. The van der Waals surface area contributed by atoms with Crippen molar-refractivity contribution >= 4 is 34.5 Å². The minimum absolute atomic E-state index is 0.309. The van der Waals surface area contributed by atoms with Crippen LogP contribution in [0.15, 0.2) is 34.4 Å². The summed E-state index contributed by atoms with van der Waals surface area (Å²) in [6.07, 6.45) is 0. The van der Waals surface area contributed by atoms with Gasteiger partial charge in [0, 0.05) is 6.07 Å². The number of carbonyl (C=O) groups excluding carboxylic acids is 1. The molecule has 2 aromatic heterocycles. The summed E-state index contributed by atoms with van der Waals surface area (Å²) in [6, 6.07) is 6.58. The van der Waals surface area contributed by atoms with Crippen LogP contribution in [-0.2, 0) is 11.3 Å². The Kier molecular flexibility index (Phi) is 5.24. The second-order valence-corrected chi connectivity index (χ2v) is 6.35. The molecule has 0 atom stereocenters. The molecule has 9 nitrogen and oxygen atoms in total. The average Bonchev–Trinajstić information content (AvgIpc) is 3.26. The normalized spacial score (nSPS) is 10.6. The molecular formula is C15H14ClN5O4S. The number of aromatic nitrogens is 4. The number of hydrogen-bond acceptors (Lipinski definition) is 7. The van der Waals surface area contributed by atoms with E-state index in [4.69, 9.17) is 21.1 Å². The summed E-state index contributed by atoms with van der Waals surface area (Å²) >= 11 is 7.41. The average molecular weight is 396 g/mol. The highest BCUT2D eigenvalue weighted by Crippen LogP contribution is 2.35. The van der Waals surface area contributed by atoms with Crippen LogP contribution in [0.3, 0.4) is 0 Å². The van der Waals surface area contributed by atoms with Gasteiger partial charge in [0.15, 0.2) is 0 Å². The highest BCUT2D eigenvalue weighted by Gasteiger charge is 2.16. The monoisotopic (exact) mass is 395 g/mol. The highest BCUT2D eigenvalue weighted by molar-refractivity contribution is 7.12. The number of methoxy groups -OCH3 is 2. The SMILES string of the molecule is COc1cc(OC)c(NC(=O)Cn2nnn(-c3cccs3)c2=O)cc1Cl. The Bertz CT molecular complexity index is 983. The van der Waals surface area contributed by atoms with E-state index in [1.807, 2.05) is 5.38 Å². The highest BCUT2D eigenvalue weighted by atomic mass is 35.5. The molecule has 0 saturated carbocycles. The number of ether oxygens (including phenoxy) is 2. The van der Waals surface area contributed by atoms with E-state index in [2.05, 4.69) is 15.7 Å². The van der Waals surface area contributed by atoms with E-state index in [9.17, 15) is 9.59 Å². The summed E-state index contributed by atoms with van der Waals surface area (Å²) in [5, 5.41) is 12.9. The van der Waals surface area contributed by atoms with Gasteiger partial charge in [0.1, 0.15) is 23.0 Å². The Morgan fingerprint density at radius 1 is 1.27 bits per heavy atom. The molecule has 0 spiro atoms. The van der Waals surface area contributed by atoms with E-state index in [0.29, 0.717) is 27.2 Å². The molecule has 0 bridgehead atoms. The topological polar surface area (TPSA) is 100 Å². The molecule has 0 aliphatic rings. The lowest BCUT2D eigenvalue weighted by Crippen LogP contribution is -2.29. The Morgan fingerprint density at radius 3 is 2.69 bits per heavy atom.